The van der Waals surface area contributed by atoms with Gasteiger partial charge in [-0.15, -0.1) is 0 Å². The van der Waals surface area contributed by atoms with Crippen LogP contribution in [0.1, 0.15) is 18.4 Å². The van der Waals surface area contributed by atoms with Gasteiger partial charge in [-0.3, -0.25) is 19.3 Å². The molecule has 0 aromatic heterocycles. The van der Waals surface area contributed by atoms with E-state index in [1.54, 1.807) is 0 Å². The Morgan fingerprint density at radius 1 is 1.31 bits per heavy atom. The number of nitrogens with zero attached hydrogens (tertiary/aromatic N) is 1. The van der Waals surface area contributed by atoms with E-state index in [2.05, 4.69) is 5.32 Å². The average molecular weight is 396 g/mol. The van der Waals surface area contributed by atoms with Crippen LogP contribution in [0.2, 0.25) is 0 Å². The second kappa shape index (κ2) is 8.68. The highest BCUT2D eigenvalue weighted by atomic mass is 32.2. The van der Waals surface area contributed by atoms with Crippen LogP contribution in [0.5, 0.6) is 11.5 Å². The van der Waals surface area contributed by atoms with Crippen LogP contribution in [0.3, 0.4) is 0 Å². The number of hydrogen-bond donors (Lipinski definition) is 4. The molecule has 10 heteroatoms. The number of thioether (sulfide) groups is 1. The number of aromatic hydroxyl groups is 2. The molecular formula is C16H16N2O6S2. The Morgan fingerprint density at radius 2 is 2.04 bits per heavy atom. The number of phenolic OH excluding ortho intramolecular Hbond substituents is 2. The summed E-state index contributed by atoms with van der Waals surface area (Å²) in [5.41, 5.74) is 0.372. The topological polar surface area (TPSA) is 127 Å². The van der Waals surface area contributed by atoms with Crippen molar-refractivity contribution >= 4 is 52.2 Å². The molecule has 2 rings (SSSR count). The molecule has 0 aliphatic carbocycles. The number of benzene rings is 1. The number of nitrogens with one attached hydrogen (secondary N) is 1. The maximum atomic E-state index is 12.4. The quantitative estimate of drug-likeness (QED) is 0.401. The number of aliphatic carboxylic acids is 1. The first kappa shape index (κ1) is 19.7. The largest absolute Gasteiger partial charge is 0.508 e. The lowest BCUT2D eigenvalue weighted by atomic mass is 10.1. The van der Waals surface area contributed by atoms with Crippen LogP contribution in [0.25, 0.3) is 6.08 Å². The summed E-state index contributed by atoms with van der Waals surface area (Å²) in [6.45, 7) is -0.219. The SMILES string of the molecule is O=C(O)CNC(=O)CCCN1C(=O)/C(=C/c2ccc(O)cc2O)SC1=S. The molecule has 4 N–H and O–H groups in total. The number of hydrogen-bond acceptors (Lipinski definition) is 7. The minimum atomic E-state index is -1.13. The van der Waals surface area contributed by atoms with Gasteiger partial charge in [-0.25, -0.2) is 0 Å². The van der Waals surface area contributed by atoms with Gasteiger partial charge in [0.1, 0.15) is 22.4 Å². The standard InChI is InChI=1S/C16H16N2O6S2/c19-10-4-3-9(11(20)7-10)6-12-15(24)18(16(25)26-12)5-1-2-13(21)17-8-14(22)23/h3-4,6-7,19-20H,1-2,5,8H2,(H,17,21)(H,22,23)/b12-6-. The lowest BCUT2D eigenvalue weighted by Gasteiger charge is -2.13. The Labute approximate surface area is 158 Å². The summed E-state index contributed by atoms with van der Waals surface area (Å²) < 4.78 is 0.338. The van der Waals surface area contributed by atoms with Gasteiger partial charge in [0.05, 0.1) is 4.91 Å². The fourth-order valence-corrected chi connectivity index (χ4v) is 3.45. The van der Waals surface area contributed by atoms with Crippen molar-refractivity contribution < 1.29 is 29.7 Å². The van der Waals surface area contributed by atoms with Crippen LogP contribution in [0.15, 0.2) is 23.1 Å². The fraction of sp³-hybridized carbons (Fsp3) is 0.250. The molecule has 1 fully saturated rings. The summed E-state index contributed by atoms with van der Waals surface area (Å²) in [4.78, 5) is 36.0. The van der Waals surface area contributed by atoms with Gasteiger partial charge in [-0.1, -0.05) is 24.0 Å². The Bertz CT molecular complexity index is 793. The maximum absolute atomic E-state index is 12.4. The van der Waals surface area contributed by atoms with Crippen LogP contribution in [-0.2, 0) is 14.4 Å². The molecule has 0 bridgehead atoms. The normalized spacial score (nSPS) is 15.5. The zero-order valence-corrected chi connectivity index (χ0v) is 15.1. The molecule has 26 heavy (non-hydrogen) atoms. The van der Waals surface area contributed by atoms with Crippen LogP contribution in [0.4, 0.5) is 0 Å². The first-order valence-corrected chi connectivity index (χ1v) is 8.76. The third kappa shape index (κ3) is 5.20. The van der Waals surface area contributed by atoms with Gasteiger partial charge in [0.15, 0.2) is 0 Å². The number of carbonyl (C=O) groups excluding carboxylic acids is 2. The van der Waals surface area contributed by atoms with Gasteiger partial charge in [0.2, 0.25) is 5.91 Å². The predicted molar refractivity (Wildman–Crippen MR) is 99.5 cm³/mol. The molecule has 138 valence electrons. The number of carboxylic acid groups (broad SMARTS) is 1. The van der Waals surface area contributed by atoms with E-state index in [9.17, 15) is 24.6 Å². The Balaban J connectivity index is 1.95. The van der Waals surface area contributed by atoms with Crippen molar-refractivity contribution in [2.45, 2.75) is 12.8 Å². The van der Waals surface area contributed by atoms with E-state index in [4.69, 9.17) is 17.3 Å². The molecule has 1 aliphatic rings. The van der Waals surface area contributed by atoms with Crippen LogP contribution in [-0.4, -0.2) is 55.4 Å². The second-order valence-electron chi connectivity index (χ2n) is 5.35. The smallest absolute Gasteiger partial charge is 0.322 e. The van der Waals surface area contributed by atoms with Crippen molar-refractivity contribution in [3.63, 3.8) is 0 Å². The number of carboxylic acids is 1. The fourth-order valence-electron chi connectivity index (χ4n) is 2.15. The van der Waals surface area contributed by atoms with Gasteiger partial charge in [-0.2, -0.15) is 0 Å². The lowest BCUT2D eigenvalue weighted by Crippen LogP contribution is -2.32. The minimum absolute atomic E-state index is 0.0716. The number of carbonyl (C=O) groups is 3. The molecule has 0 saturated carbocycles. The molecule has 0 unspecified atom stereocenters. The number of rotatable bonds is 7. The Morgan fingerprint density at radius 3 is 2.69 bits per heavy atom. The number of thiocarbonyl (C=S) groups is 1. The van der Waals surface area contributed by atoms with Gasteiger partial charge in [-0.05, 0) is 24.6 Å². The van der Waals surface area contributed by atoms with Crippen molar-refractivity contribution in [1.29, 1.82) is 0 Å². The molecule has 1 aromatic rings. The molecule has 1 heterocycles. The van der Waals surface area contributed by atoms with Gasteiger partial charge >= 0.3 is 5.97 Å². The van der Waals surface area contributed by atoms with E-state index in [1.165, 1.54) is 29.2 Å². The van der Waals surface area contributed by atoms with Crippen molar-refractivity contribution in [2.24, 2.45) is 0 Å². The van der Waals surface area contributed by atoms with E-state index in [-0.39, 0.29) is 30.4 Å². The van der Waals surface area contributed by atoms with Crippen molar-refractivity contribution in [3.8, 4) is 11.5 Å². The zero-order valence-electron chi connectivity index (χ0n) is 13.5. The first-order chi connectivity index (χ1) is 12.3. The summed E-state index contributed by atoms with van der Waals surface area (Å²) >= 11 is 6.25. The zero-order chi connectivity index (χ0) is 19.3. The number of phenols is 2. The molecule has 8 nitrogen and oxygen atoms in total. The predicted octanol–water partition coefficient (Wildman–Crippen LogP) is 1.28. The van der Waals surface area contributed by atoms with E-state index in [0.717, 1.165) is 11.8 Å². The Hall–Kier alpha value is -2.59. The summed E-state index contributed by atoms with van der Waals surface area (Å²) in [6, 6.07) is 4.04. The first-order valence-electron chi connectivity index (χ1n) is 7.54. The van der Waals surface area contributed by atoms with Gasteiger partial charge in [0, 0.05) is 24.6 Å². The summed E-state index contributed by atoms with van der Waals surface area (Å²) in [7, 11) is 0. The van der Waals surface area contributed by atoms with Gasteiger partial charge < -0.3 is 20.6 Å². The molecule has 0 radical (unpaired) electrons. The van der Waals surface area contributed by atoms with Crippen LogP contribution in [0, 0.1) is 0 Å². The molecular weight excluding hydrogens is 380 g/mol. The number of amides is 2. The highest BCUT2D eigenvalue weighted by molar-refractivity contribution is 8.26. The molecule has 2 amide bonds. The summed E-state index contributed by atoms with van der Waals surface area (Å²) in [5, 5.41) is 29.8. The second-order valence-corrected chi connectivity index (χ2v) is 7.03. The van der Waals surface area contributed by atoms with E-state index in [1.807, 2.05) is 0 Å². The van der Waals surface area contributed by atoms with Gasteiger partial charge in [0.25, 0.3) is 5.91 Å². The summed E-state index contributed by atoms with van der Waals surface area (Å²) in [5.74, 6) is -2.13. The molecule has 1 aliphatic heterocycles. The third-order valence-corrected chi connectivity index (χ3v) is 4.77. The lowest BCUT2D eigenvalue weighted by molar-refractivity contribution is -0.137. The van der Waals surface area contributed by atoms with Crippen LogP contribution < -0.4 is 5.32 Å². The molecule has 1 saturated heterocycles. The summed E-state index contributed by atoms with van der Waals surface area (Å²) in [6.07, 6.45) is 1.88. The highest BCUT2D eigenvalue weighted by Crippen LogP contribution is 2.34. The molecule has 1 aromatic carbocycles. The maximum Gasteiger partial charge on any atom is 0.322 e. The van der Waals surface area contributed by atoms with Crippen molar-refractivity contribution in [1.82, 2.24) is 10.2 Å². The van der Waals surface area contributed by atoms with E-state index in [0.29, 0.717) is 21.2 Å². The van der Waals surface area contributed by atoms with Crippen molar-refractivity contribution in [3.05, 3.63) is 28.7 Å². The Kier molecular flexibility index (Phi) is 6.58. The van der Waals surface area contributed by atoms with E-state index < -0.39 is 18.4 Å². The minimum Gasteiger partial charge on any atom is -0.508 e. The third-order valence-electron chi connectivity index (χ3n) is 3.40. The highest BCUT2D eigenvalue weighted by Gasteiger charge is 2.31. The van der Waals surface area contributed by atoms with E-state index >= 15 is 0 Å². The van der Waals surface area contributed by atoms with Crippen molar-refractivity contribution in [2.75, 3.05) is 13.1 Å². The average Bonchev–Trinajstić information content (AvgIpc) is 2.83. The molecule has 0 atom stereocenters. The monoisotopic (exact) mass is 396 g/mol. The molecule has 0 spiro atoms. The van der Waals surface area contributed by atoms with Crippen LogP contribution >= 0.6 is 24.0 Å².